The first-order valence-electron chi connectivity index (χ1n) is 5.94. The van der Waals surface area contributed by atoms with Crippen LogP contribution in [-0.4, -0.2) is 31.6 Å². The second kappa shape index (κ2) is 6.02. The molecule has 0 aliphatic rings. The molecule has 0 amide bonds. The predicted molar refractivity (Wildman–Crippen MR) is 70.8 cm³/mol. The Hall–Kier alpha value is -0.860. The Morgan fingerprint density at radius 1 is 1.19 bits per heavy atom. The van der Waals surface area contributed by atoms with E-state index >= 15 is 0 Å². The molecule has 1 atom stereocenters. The van der Waals surface area contributed by atoms with Crippen LogP contribution in [0.1, 0.15) is 23.6 Å². The highest BCUT2D eigenvalue weighted by Gasteiger charge is 2.03. The van der Waals surface area contributed by atoms with Crippen LogP contribution in [0.2, 0.25) is 0 Å². The summed E-state index contributed by atoms with van der Waals surface area (Å²) in [4.78, 5) is 2.23. The van der Waals surface area contributed by atoms with E-state index < -0.39 is 0 Å². The van der Waals surface area contributed by atoms with Crippen molar-refractivity contribution in [3.63, 3.8) is 0 Å². The van der Waals surface area contributed by atoms with Gasteiger partial charge in [0.25, 0.3) is 0 Å². The number of nitrogens with zero attached hydrogens (tertiary/aromatic N) is 1. The quantitative estimate of drug-likeness (QED) is 0.819. The minimum Gasteiger partial charge on any atom is -0.311 e. The van der Waals surface area contributed by atoms with Crippen molar-refractivity contribution in [3.05, 3.63) is 34.9 Å². The number of rotatable bonds is 5. The summed E-state index contributed by atoms with van der Waals surface area (Å²) in [6.07, 6.45) is 0. The number of nitrogens with one attached hydrogen (secondary N) is 1. The molecule has 2 heteroatoms. The van der Waals surface area contributed by atoms with Crippen molar-refractivity contribution in [3.8, 4) is 0 Å². The fourth-order valence-corrected chi connectivity index (χ4v) is 1.52. The van der Waals surface area contributed by atoms with Crippen molar-refractivity contribution in [1.29, 1.82) is 0 Å². The Balaban J connectivity index is 2.40. The molecule has 1 rings (SSSR count). The Labute approximate surface area is 99.7 Å². The standard InChI is InChI=1S/C14H24N2/c1-11-6-7-14(8-12(11)2)10-15-9-13(3)16(4)5/h6-8,13,15H,9-10H2,1-5H3. The Morgan fingerprint density at radius 2 is 1.88 bits per heavy atom. The average Bonchev–Trinajstić information content (AvgIpc) is 2.23. The van der Waals surface area contributed by atoms with Crippen LogP contribution in [0.3, 0.4) is 0 Å². The zero-order valence-electron chi connectivity index (χ0n) is 11.2. The maximum atomic E-state index is 3.49. The van der Waals surface area contributed by atoms with Gasteiger partial charge in [0.15, 0.2) is 0 Å². The topological polar surface area (TPSA) is 15.3 Å². The molecule has 0 heterocycles. The van der Waals surface area contributed by atoms with Crippen LogP contribution in [0, 0.1) is 13.8 Å². The van der Waals surface area contributed by atoms with Gasteiger partial charge in [-0.25, -0.2) is 0 Å². The van der Waals surface area contributed by atoms with Crippen LogP contribution in [0.25, 0.3) is 0 Å². The largest absolute Gasteiger partial charge is 0.311 e. The first-order chi connectivity index (χ1) is 7.50. The Bertz CT molecular complexity index is 332. The lowest BCUT2D eigenvalue weighted by Crippen LogP contribution is -2.35. The van der Waals surface area contributed by atoms with Gasteiger partial charge in [-0.3, -0.25) is 0 Å². The van der Waals surface area contributed by atoms with Gasteiger partial charge in [-0.1, -0.05) is 18.2 Å². The SMILES string of the molecule is Cc1ccc(CNCC(C)N(C)C)cc1C. The fraction of sp³-hybridized carbons (Fsp3) is 0.571. The van der Waals surface area contributed by atoms with Gasteiger partial charge < -0.3 is 10.2 Å². The maximum Gasteiger partial charge on any atom is 0.0206 e. The lowest BCUT2D eigenvalue weighted by molar-refractivity contribution is 0.302. The zero-order chi connectivity index (χ0) is 12.1. The molecule has 16 heavy (non-hydrogen) atoms. The molecule has 0 saturated heterocycles. The summed E-state index contributed by atoms with van der Waals surface area (Å²) < 4.78 is 0. The van der Waals surface area contributed by atoms with E-state index in [1.807, 2.05) is 0 Å². The summed E-state index contributed by atoms with van der Waals surface area (Å²) >= 11 is 0. The van der Waals surface area contributed by atoms with E-state index in [4.69, 9.17) is 0 Å². The molecule has 0 radical (unpaired) electrons. The van der Waals surface area contributed by atoms with Crippen molar-refractivity contribution < 1.29 is 0 Å². The van der Waals surface area contributed by atoms with E-state index in [0.29, 0.717) is 6.04 Å². The minimum absolute atomic E-state index is 0.576. The normalized spacial score (nSPS) is 13.1. The number of hydrogen-bond donors (Lipinski definition) is 1. The molecule has 90 valence electrons. The second-order valence-electron chi connectivity index (χ2n) is 4.86. The van der Waals surface area contributed by atoms with Gasteiger partial charge in [-0.2, -0.15) is 0 Å². The van der Waals surface area contributed by atoms with E-state index in [-0.39, 0.29) is 0 Å². The van der Waals surface area contributed by atoms with Gasteiger partial charge in [0.05, 0.1) is 0 Å². The first kappa shape index (κ1) is 13.2. The van der Waals surface area contributed by atoms with Crippen LogP contribution in [0.4, 0.5) is 0 Å². The summed E-state index contributed by atoms with van der Waals surface area (Å²) in [7, 11) is 4.23. The summed E-state index contributed by atoms with van der Waals surface area (Å²) in [5, 5.41) is 3.49. The van der Waals surface area contributed by atoms with Gasteiger partial charge in [0.1, 0.15) is 0 Å². The monoisotopic (exact) mass is 220 g/mol. The van der Waals surface area contributed by atoms with E-state index in [1.165, 1.54) is 16.7 Å². The number of likely N-dealkylation sites (N-methyl/N-ethyl adjacent to an activating group) is 1. The van der Waals surface area contributed by atoms with E-state index in [9.17, 15) is 0 Å². The highest BCUT2D eigenvalue weighted by atomic mass is 15.1. The maximum absolute atomic E-state index is 3.49. The van der Waals surface area contributed by atoms with Gasteiger partial charge in [0.2, 0.25) is 0 Å². The first-order valence-corrected chi connectivity index (χ1v) is 5.94. The highest BCUT2D eigenvalue weighted by Crippen LogP contribution is 2.09. The highest BCUT2D eigenvalue weighted by molar-refractivity contribution is 5.29. The van der Waals surface area contributed by atoms with E-state index in [1.54, 1.807) is 0 Å². The van der Waals surface area contributed by atoms with Crippen LogP contribution < -0.4 is 5.32 Å². The van der Waals surface area contributed by atoms with Crippen molar-refractivity contribution in [1.82, 2.24) is 10.2 Å². The fourth-order valence-electron chi connectivity index (χ4n) is 1.52. The molecular formula is C14H24N2. The summed E-state index contributed by atoms with van der Waals surface area (Å²) in [5.74, 6) is 0. The second-order valence-corrected chi connectivity index (χ2v) is 4.86. The van der Waals surface area contributed by atoms with Gasteiger partial charge in [0, 0.05) is 19.1 Å². The molecule has 1 aromatic carbocycles. The minimum atomic E-state index is 0.576. The van der Waals surface area contributed by atoms with E-state index in [0.717, 1.165) is 13.1 Å². The zero-order valence-corrected chi connectivity index (χ0v) is 11.2. The number of aryl methyl sites for hydroxylation is 2. The smallest absolute Gasteiger partial charge is 0.0206 e. The molecule has 1 unspecified atom stereocenters. The van der Waals surface area contributed by atoms with Gasteiger partial charge >= 0.3 is 0 Å². The van der Waals surface area contributed by atoms with Gasteiger partial charge in [-0.15, -0.1) is 0 Å². The molecule has 0 aromatic heterocycles. The van der Waals surface area contributed by atoms with Crippen molar-refractivity contribution >= 4 is 0 Å². The molecule has 0 aliphatic carbocycles. The third-order valence-corrected chi connectivity index (χ3v) is 3.22. The molecule has 1 N–H and O–H groups in total. The summed E-state index contributed by atoms with van der Waals surface area (Å²) in [6.45, 7) is 8.54. The summed E-state index contributed by atoms with van der Waals surface area (Å²) in [6, 6.07) is 7.24. The van der Waals surface area contributed by atoms with Crippen molar-refractivity contribution in [2.45, 2.75) is 33.4 Å². The molecular weight excluding hydrogens is 196 g/mol. The predicted octanol–water partition coefficient (Wildman–Crippen LogP) is 2.34. The van der Waals surface area contributed by atoms with Gasteiger partial charge in [-0.05, 0) is 51.6 Å². The molecule has 0 fully saturated rings. The molecule has 0 saturated carbocycles. The van der Waals surface area contributed by atoms with Crippen LogP contribution >= 0.6 is 0 Å². The third-order valence-electron chi connectivity index (χ3n) is 3.22. The van der Waals surface area contributed by atoms with Crippen LogP contribution in [-0.2, 0) is 6.54 Å². The van der Waals surface area contributed by atoms with Crippen LogP contribution in [0.15, 0.2) is 18.2 Å². The lowest BCUT2D eigenvalue weighted by Gasteiger charge is -2.20. The third kappa shape index (κ3) is 3.95. The average molecular weight is 220 g/mol. The van der Waals surface area contributed by atoms with E-state index in [2.05, 4.69) is 63.3 Å². The van der Waals surface area contributed by atoms with Crippen molar-refractivity contribution in [2.75, 3.05) is 20.6 Å². The Morgan fingerprint density at radius 3 is 2.44 bits per heavy atom. The molecule has 0 bridgehead atoms. The number of hydrogen-bond acceptors (Lipinski definition) is 2. The molecule has 0 spiro atoms. The number of benzene rings is 1. The Kier molecular flexibility index (Phi) is 4.97. The molecule has 0 aliphatic heterocycles. The molecule has 2 nitrogen and oxygen atoms in total. The summed E-state index contributed by atoms with van der Waals surface area (Å²) in [5.41, 5.74) is 4.11. The lowest BCUT2D eigenvalue weighted by atomic mass is 10.1. The van der Waals surface area contributed by atoms with Crippen molar-refractivity contribution in [2.24, 2.45) is 0 Å². The van der Waals surface area contributed by atoms with Crippen LogP contribution in [0.5, 0.6) is 0 Å². The molecule has 1 aromatic rings.